The first kappa shape index (κ1) is 20.4. The Morgan fingerprint density at radius 2 is 1.90 bits per heavy atom. The minimum atomic E-state index is -1.33. The van der Waals surface area contributed by atoms with E-state index in [0.29, 0.717) is 11.0 Å². The van der Waals surface area contributed by atoms with Crippen LogP contribution in [-0.4, -0.2) is 42.8 Å². The molecule has 2 aromatic heterocycles. The summed E-state index contributed by atoms with van der Waals surface area (Å²) in [7, 11) is 0. The smallest absolute Gasteiger partial charge is 0.322 e. The van der Waals surface area contributed by atoms with Crippen molar-refractivity contribution in [3.8, 4) is 5.75 Å². The first-order chi connectivity index (χ1) is 14.8. The van der Waals surface area contributed by atoms with E-state index in [4.69, 9.17) is 16.7 Å². The molecule has 11 heteroatoms. The van der Waals surface area contributed by atoms with Crippen LogP contribution in [0.2, 0.25) is 5.02 Å². The second kappa shape index (κ2) is 7.73. The molecule has 158 valence electrons. The molecule has 2 heterocycles. The molecule has 0 saturated heterocycles. The number of nitrogens with one attached hydrogen (secondary N) is 1. The minimum absolute atomic E-state index is 0.00654. The number of imidazole rings is 1. The van der Waals surface area contributed by atoms with Crippen LogP contribution in [0.25, 0.3) is 16.7 Å². The zero-order valence-electron chi connectivity index (χ0n) is 15.7. The number of hydrogen-bond acceptors (Lipinski definition) is 5. The number of amides is 1. The molecule has 0 unspecified atom stereocenters. The lowest BCUT2D eigenvalue weighted by molar-refractivity contribution is -0.135. The molecule has 0 radical (unpaired) electrons. The zero-order chi connectivity index (χ0) is 22.3. The highest BCUT2D eigenvalue weighted by Crippen LogP contribution is 2.26. The molecule has 0 atom stereocenters. The molecule has 0 fully saturated rings. The van der Waals surface area contributed by atoms with Gasteiger partial charge in [0.15, 0.2) is 17.0 Å². The van der Waals surface area contributed by atoms with E-state index >= 15 is 0 Å². The number of carboxylic acid groups (broad SMARTS) is 1. The van der Waals surface area contributed by atoms with Crippen LogP contribution in [0.15, 0.2) is 47.3 Å². The standard InChI is InChI=1S/C20H14ClFN4O5/c21-11-4-3-5-12(22)10(11)9-25-20(31)16(19(30)23-8-15(27)28)17(29)18-24-13-6-1-2-7-14(13)26(18)25/h1-7,29H,8-9H2,(H,23,30)(H,27,28). The van der Waals surface area contributed by atoms with Gasteiger partial charge < -0.3 is 15.5 Å². The number of rotatable bonds is 5. The van der Waals surface area contributed by atoms with Crippen molar-refractivity contribution in [1.29, 1.82) is 0 Å². The van der Waals surface area contributed by atoms with E-state index in [9.17, 15) is 23.9 Å². The predicted octanol–water partition coefficient (Wildman–Crippen LogP) is 2.01. The third-order valence-corrected chi connectivity index (χ3v) is 5.03. The maximum atomic E-state index is 14.4. The number of fused-ring (bicyclic) bond motifs is 3. The topological polar surface area (TPSA) is 126 Å². The number of carboxylic acids is 1. The van der Waals surface area contributed by atoms with Gasteiger partial charge in [0.2, 0.25) is 0 Å². The SMILES string of the molecule is O=C(O)CNC(=O)c1c(O)c2nc3ccccc3n2n(Cc2c(F)cccc2Cl)c1=O. The number of hydrogen-bond donors (Lipinski definition) is 3. The van der Waals surface area contributed by atoms with Gasteiger partial charge in [0, 0.05) is 10.6 Å². The first-order valence-electron chi connectivity index (χ1n) is 8.95. The lowest BCUT2D eigenvalue weighted by Crippen LogP contribution is -2.38. The van der Waals surface area contributed by atoms with E-state index in [2.05, 4.69) is 4.98 Å². The number of benzene rings is 2. The molecule has 0 aliphatic carbocycles. The first-order valence-corrected chi connectivity index (χ1v) is 9.33. The van der Waals surface area contributed by atoms with Gasteiger partial charge in [-0.25, -0.2) is 18.6 Å². The Balaban J connectivity index is 2.03. The van der Waals surface area contributed by atoms with Gasteiger partial charge >= 0.3 is 5.97 Å². The molecular weight excluding hydrogens is 431 g/mol. The Morgan fingerprint density at radius 3 is 2.61 bits per heavy atom. The van der Waals surface area contributed by atoms with E-state index in [1.54, 1.807) is 24.3 Å². The van der Waals surface area contributed by atoms with Gasteiger partial charge in [-0.1, -0.05) is 29.8 Å². The Bertz CT molecular complexity index is 1410. The van der Waals surface area contributed by atoms with Gasteiger partial charge in [-0.3, -0.25) is 14.4 Å². The van der Waals surface area contributed by atoms with E-state index in [1.807, 2.05) is 5.32 Å². The van der Waals surface area contributed by atoms with Crippen LogP contribution in [0.1, 0.15) is 15.9 Å². The van der Waals surface area contributed by atoms with Crippen LogP contribution >= 0.6 is 11.6 Å². The molecule has 0 spiro atoms. The largest absolute Gasteiger partial charge is 0.504 e. The summed E-state index contributed by atoms with van der Waals surface area (Å²) in [6.07, 6.45) is 0. The lowest BCUT2D eigenvalue weighted by Gasteiger charge is -2.15. The van der Waals surface area contributed by atoms with E-state index < -0.39 is 41.1 Å². The molecular formula is C20H14ClFN4O5. The third kappa shape index (κ3) is 3.46. The van der Waals surface area contributed by atoms with Crippen molar-refractivity contribution in [1.82, 2.24) is 19.5 Å². The summed E-state index contributed by atoms with van der Waals surface area (Å²) in [5, 5.41) is 21.6. The Morgan fingerprint density at radius 1 is 1.16 bits per heavy atom. The fourth-order valence-electron chi connectivity index (χ4n) is 3.27. The van der Waals surface area contributed by atoms with E-state index in [-0.39, 0.29) is 22.8 Å². The summed E-state index contributed by atoms with van der Waals surface area (Å²) >= 11 is 6.12. The maximum absolute atomic E-state index is 14.4. The fraction of sp³-hybridized carbons (Fsp3) is 0.100. The molecule has 31 heavy (non-hydrogen) atoms. The van der Waals surface area contributed by atoms with Crippen LogP contribution in [-0.2, 0) is 11.3 Å². The van der Waals surface area contributed by atoms with Gasteiger partial charge in [-0.05, 0) is 24.3 Å². The van der Waals surface area contributed by atoms with E-state index in [1.165, 1.54) is 22.7 Å². The second-order valence-corrected chi connectivity index (χ2v) is 7.01. The summed E-state index contributed by atoms with van der Waals surface area (Å²) < 4.78 is 16.7. The van der Waals surface area contributed by atoms with E-state index in [0.717, 1.165) is 4.68 Å². The van der Waals surface area contributed by atoms with Crippen molar-refractivity contribution >= 4 is 40.2 Å². The molecule has 9 nitrogen and oxygen atoms in total. The Labute approximate surface area is 177 Å². The van der Waals surface area contributed by atoms with Crippen LogP contribution in [0.5, 0.6) is 5.75 Å². The minimum Gasteiger partial charge on any atom is -0.504 e. The lowest BCUT2D eigenvalue weighted by atomic mass is 10.2. The molecule has 4 rings (SSSR count). The molecule has 1 amide bonds. The maximum Gasteiger partial charge on any atom is 0.322 e. The third-order valence-electron chi connectivity index (χ3n) is 4.67. The molecule has 0 aliphatic heterocycles. The highest BCUT2D eigenvalue weighted by molar-refractivity contribution is 6.31. The van der Waals surface area contributed by atoms with Gasteiger partial charge in [-0.15, -0.1) is 0 Å². The van der Waals surface area contributed by atoms with Crippen LogP contribution in [0.3, 0.4) is 0 Å². The summed E-state index contributed by atoms with van der Waals surface area (Å²) in [5.74, 6) is -3.83. The number of nitrogens with zero attached hydrogens (tertiary/aromatic N) is 3. The average Bonchev–Trinajstić information content (AvgIpc) is 3.11. The van der Waals surface area contributed by atoms with Gasteiger partial charge in [0.25, 0.3) is 11.5 Å². The van der Waals surface area contributed by atoms with Crippen molar-refractivity contribution in [3.05, 3.63) is 74.8 Å². The van der Waals surface area contributed by atoms with Crippen molar-refractivity contribution in [2.45, 2.75) is 6.54 Å². The van der Waals surface area contributed by atoms with Crippen molar-refractivity contribution in [3.63, 3.8) is 0 Å². The van der Waals surface area contributed by atoms with Gasteiger partial charge in [0.1, 0.15) is 12.4 Å². The number of para-hydroxylation sites is 2. The Kier molecular flexibility index (Phi) is 5.07. The van der Waals surface area contributed by atoms with Crippen molar-refractivity contribution < 1.29 is 24.2 Å². The molecule has 4 aromatic rings. The summed E-state index contributed by atoms with van der Waals surface area (Å²) in [5.41, 5.74) is -0.989. The van der Waals surface area contributed by atoms with Gasteiger partial charge in [-0.2, -0.15) is 0 Å². The van der Waals surface area contributed by atoms with Crippen LogP contribution < -0.4 is 10.9 Å². The number of carbonyl (C=O) groups excluding carboxylic acids is 1. The average molecular weight is 445 g/mol. The van der Waals surface area contributed by atoms with Crippen molar-refractivity contribution in [2.24, 2.45) is 0 Å². The molecule has 0 bridgehead atoms. The molecule has 3 N–H and O–H groups in total. The quantitative estimate of drug-likeness (QED) is 0.432. The second-order valence-electron chi connectivity index (χ2n) is 6.60. The molecule has 2 aromatic carbocycles. The summed E-state index contributed by atoms with van der Waals surface area (Å²) in [4.78, 5) is 40.8. The van der Waals surface area contributed by atoms with Crippen LogP contribution in [0.4, 0.5) is 4.39 Å². The van der Waals surface area contributed by atoms with Crippen molar-refractivity contribution in [2.75, 3.05) is 6.54 Å². The number of aromatic nitrogens is 3. The normalized spacial score (nSPS) is 11.2. The highest BCUT2D eigenvalue weighted by atomic mass is 35.5. The fourth-order valence-corrected chi connectivity index (χ4v) is 3.49. The molecule has 0 aliphatic rings. The number of carbonyl (C=O) groups is 2. The van der Waals surface area contributed by atoms with Crippen LogP contribution in [0, 0.1) is 5.82 Å². The highest BCUT2D eigenvalue weighted by Gasteiger charge is 2.26. The summed E-state index contributed by atoms with van der Waals surface area (Å²) in [6, 6.07) is 10.7. The zero-order valence-corrected chi connectivity index (χ0v) is 16.4. The number of halogens is 2. The summed E-state index contributed by atoms with van der Waals surface area (Å²) in [6.45, 7) is -1.14. The predicted molar refractivity (Wildman–Crippen MR) is 109 cm³/mol. The van der Waals surface area contributed by atoms with Gasteiger partial charge in [0.05, 0.1) is 17.6 Å². The monoisotopic (exact) mass is 444 g/mol. The number of aliphatic carboxylic acids is 1. The Hall–Kier alpha value is -3.92. The molecule has 0 saturated carbocycles. The number of aromatic hydroxyl groups is 1.